The van der Waals surface area contributed by atoms with E-state index in [4.69, 9.17) is 10.3 Å². The average molecular weight is 238 g/mol. The molecule has 0 aromatic carbocycles. The van der Waals surface area contributed by atoms with Gasteiger partial charge in [0.25, 0.3) is 0 Å². The number of nitrogens with zero attached hydrogens (tertiary/aromatic N) is 3. The number of hydrogen-bond donors (Lipinski definition) is 1. The van der Waals surface area contributed by atoms with Crippen molar-refractivity contribution in [2.24, 2.45) is 5.73 Å². The van der Waals surface area contributed by atoms with E-state index in [9.17, 15) is 0 Å². The Kier molecular flexibility index (Phi) is 4.12. The van der Waals surface area contributed by atoms with Crippen molar-refractivity contribution in [2.75, 3.05) is 6.54 Å². The maximum absolute atomic E-state index is 5.48. The van der Waals surface area contributed by atoms with Gasteiger partial charge in [-0.15, -0.1) is 0 Å². The summed E-state index contributed by atoms with van der Waals surface area (Å²) in [5, 5.41) is 3.84. The van der Waals surface area contributed by atoms with Crippen LogP contribution in [0.2, 0.25) is 0 Å². The highest BCUT2D eigenvalue weighted by Gasteiger charge is 2.26. The molecule has 2 heterocycles. The third-order valence-electron chi connectivity index (χ3n) is 3.44. The fraction of sp³-hybridized carbons (Fsp3) is 0.833. The van der Waals surface area contributed by atoms with E-state index in [-0.39, 0.29) is 0 Å². The number of piperidine rings is 1. The van der Waals surface area contributed by atoms with Crippen molar-refractivity contribution in [1.29, 1.82) is 0 Å². The lowest BCUT2D eigenvalue weighted by Gasteiger charge is -2.38. The molecule has 1 aliphatic rings. The van der Waals surface area contributed by atoms with E-state index < -0.39 is 0 Å². The van der Waals surface area contributed by atoms with E-state index >= 15 is 0 Å². The minimum absolute atomic E-state index is 0.349. The van der Waals surface area contributed by atoms with Crippen molar-refractivity contribution in [1.82, 2.24) is 15.0 Å². The predicted octanol–water partition coefficient (Wildman–Crippen LogP) is 1.33. The minimum Gasteiger partial charge on any atom is -0.339 e. The Morgan fingerprint density at radius 3 is 2.94 bits per heavy atom. The molecule has 0 bridgehead atoms. The standard InChI is InChI=1S/C12H22N4O/c1-9(2)16-6-4-3-5-10(16)7-12-14-11(8-13)15-17-12/h9-10H,3-8,13H2,1-2H3. The van der Waals surface area contributed by atoms with Crippen LogP contribution in [-0.4, -0.2) is 33.7 Å². The number of hydrogen-bond acceptors (Lipinski definition) is 5. The first-order valence-corrected chi connectivity index (χ1v) is 6.48. The molecule has 2 rings (SSSR count). The summed E-state index contributed by atoms with van der Waals surface area (Å²) in [6, 6.07) is 1.12. The van der Waals surface area contributed by atoms with Gasteiger partial charge in [-0.1, -0.05) is 11.6 Å². The van der Waals surface area contributed by atoms with Crippen LogP contribution in [-0.2, 0) is 13.0 Å². The first-order chi connectivity index (χ1) is 8.20. The van der Waals surface area contributed by atoms with Crippen LogP contribution in [0.1, 0.15) is 44.8 Å². The molecular formula is C12H22N4O. The highest BCUT2D eigenvalue weighted by Crippen LogP contribution is 2.22. The minimum atomic E-state index is 0.349. The maximum Gasteiger partial charge on any atom is 0.228 e. The first kappa shape index (κ1) is 12.5. The van der Waals surface area contributed by atoms with Crippen molar-refractivity contribution < 1.29 is 4.52 Å². The summed E-state index contributed by atoms with van der Waals surface area (Å²) in [7, 11) is 0. The van der Waals surface area contributed by atoms with Gasteiger partial charge in [-0.2, -0.15) is 4.98 Å². The smallest absolute Gasteiger partial charge is 0.228 e. The summed E-state index contributed by atoms with van der Waals surface area (Å²) < 4.78 is 5.22. The fourth-order valence-corrected chi connectivity index (χ4v) is 2.58. The molecule has 96 valence electrons. The van der Waals surface area contributed by atoms with Gasteiger partial charge < -0.3 is 10.3 Å². The molecule has 0 amide bonds. The SMILES string of the molecule is CC(C)N1CCCCC1Cc1nc(CN)no1. The van der Waals surface area contributed by atoms with Gasteiger partial charge in [0.1, 0.15) is 0 Å². The molecule has 1 unspecified atom stereocenters. The molecule has 1 saturated heterocycles. The molecule has 1 atom stereocenters. The molecule has 0 radical (unpaired) electrons. The lowest BCUT2D eigenvalue weighted by atomic mass is 9.98. The van der Waals surface area contributed by atoms with Crippen LogP contribution in [0.15, 0.2) is 4.52 Å². The van der Waals surface area contributed by atoms with Crippen molar-refractivity contribution in [3.8, 4) is 0 Å². The number of rotatable bonds is 4. The molecule has 0 spiro atoms. The fourth-order valence-electron chi connectivity index (χ4n) is 2.58. The summed E-state index contributed by atoms with van der Waals surface area (Å²) >= 11 is 0. The second-order valence-corrected chi connectivity index (χ2v) is 4.99. The Morgan fingerprint density at radius 2 is 2.29 bits per heavy atom. The van der Waals surface area contributed by atoms with Crippen LogP contribution in [0.25, 0.3) is 0 Å². The molecule has 1 aromatic heterocycles. The molecule has 2 N–H and O–H groups in total. The van der Waals surface area contributed by atoms with Gasteiger partial charge in [-0.05, 0) is 33.2 Å². The van der Waals surface area contributed by atoms with Crippen molar-refractivity contribution in [3.05, 3.63) is 11.7 Å². The summed E-state index contributed by atoms with van der Waals surface area (Å²) in [6.07, 6.45) is 4.67. The van der Waals surface area contributed by atoms with Crippen LogP contribution in [0, 0.1) is 0 Å². The van der Waals surface area contributed by atoms with Gasteiger partial charge in [0, 0.05) is 18.5 Å². The molecule has 5 heteroatoms. The Labute approximate surface area is 102 Å². The van der Waals surface area contributed by atoms with Crippen LogP contribution in [0.3, 0.4) is 0 Å². The zero-order chi connectivity index (χ0) is 12.3. The quantitative estimate of drug-likeness (QED) is 0.857. The third kappa shape index (κ3) is 3.04. The Morgan fingerprint density at radius 1 is 1.47 bits per heavy atom. The van der Waals surface area contributed by atoms with Crippen molar-refractivity contribution in [3.63, 3.8) is 0 Å². The van der Waals surface area contributed by atoms with E-state index in [2.05, 4.69) is 28.9 Å². The summed E-state index contributed by atoms with van der Waals surface area (Å²) in [5.74, 6) is 1.33. The first-order valence-electron chi connectivity index (χ1n) is 6.48. The van der Waals surface area contributed by atoms with Gasteiger partial charge in [0.05, 0.1) is 6.54 Å². The van der Waals surface area contributed by atoms with E-state index in [0.29, 0.717) is 24.5 Å². The molecule has 0 saturated carbocycles. The Balaban J connectivity index is 2.00. The molecule has 1 aliphatic heterocycles. The van der Waals surface area contributed by atoms with Gasteiger partial charge in [0.15, 0.2) is 5.82 Å². The van der Waals surface area contributed by atoms with Gasteiger partial charge in [-0.25, -0.2) is 0 Å². The number of likely N-dealkylation sites (tertiary alicyclic amines) is 1. The van der Waals surface area contributed by atoms with Crippen molar-refractivity contribution >= 4 is 0 Å². The van der Waals surface area contributed by atoms with E-state index in [0.717, 1.165) is 12.3 Å². The number of aromatic nitrogens is 2. The van der Waals surface area contributed by atoms with Gasteiger partial charge in [0.2, 0.25) is 5.89 Å². The predicted molar refractivity (Wildman–Crippen MR) is 65.4 cm³/mol. The van der Waals surface area contributed by atoms with Crippen molar-refractivity contribution in [2.45, 2.75) is 58.2 Å². The van der Waals surface area contributed by atoms with Crippen LogP contribution in [0.4, 0.5) is 0 Å². The van der Waals surface area contributed by atoms with E-state index in [1.54, 1.807) is 0 Å². The lowest BCUT2D eigenvalue weighted by Crippen LogP contribution is -2.45. The van der Waals surface area contributed by atoms with Crippen LogP contribution >= 0.6 is 0 Å². The zero-order valence-electron chi connectivity index (χ0n) is 10.7. The molecule has 1 aromatic rings. The Hall–Kier alpha value is -0.940. The monoisotopic (exact) mass is 238 g/mol. The molecule has 0 aliphatic carbocycles. The average Bonchev–Trinajstić information content (AvgIpc) is 2.77. The number of nitrogens with two attached hydrogens (primary N) is 1. The zero-order valence-corrected chi connectivity index (χ0v) is 10.7. The van der Waals surface area contributed by atoms with Crippen LogP contribution < -0.4 is 5.73 Å². The lowest BCUT2D eigenvalue weighted by molar-refractivity contribution is 0.105. The summed E-state index contributed by atoms with van der Waals surface area (Å²) in [4.78, 5) is 6.82. The highest BCUT2D eigenvalue weighted by molar-refractivity contribution is 4.91. The van der Waals surface area contributed by atoms with Gasteiger partial charge in [-0.3, -0.25) is 4.90 Å². The maximum atomic E-state index is 5.48. The Bertz CT molecular complexity index is 350. The normalized spacial score (nSPS) is 22.2. The molecular weight excluding hydrogens is 216 g/mol. The molecule has 5 nitrogen and oxygen atoms in total. The second kappa shape index (κ2) is 5.60. The molecule has 17 heavy (non-hydrogen) atoms. The summed E-state index contributed by atoms with van der Waals surface area (Å²) in [5.41, 5.74) is 5.48. The van der Waals surface area contributed by atoms with Gasteiger partial charge >= 0.3 is 0 Å². The second-order valence-electron chi connectivity index (χ2n) is 4.99. The van der Waals surface area contributed by atoms with Crippen LogP contribution in [0.5, 0.6) is 0 Å². The topological polar surface area (TPSA) is 68.2 Å². The third-order valence-corrected chi connectivity index (χ3v) is 3.44. The largest absolute Gasteiger partial charge is 0.339 e. The highest BCUT2D eigenvalue weighted by atomic mass is 16.5. The van der Waals surface area contributed by atoms with E-state index in [1.807, 2.05) is 0 Å². The summed E-state index contributed by atoms with van der Waals surface area (Å²) in [6.45, 7) is 6.02. The molecule has 1 fully saturated rings. The van der Waals surface area contributed by atoms with E-state index in [1.165, 1.54) is 25.8 Å².